The van der Waals surface area contributed by atoms with E-state index >= 15 is 0 Å². The lowest BCUT2D eigenvalue weighted by atomic mass is 9.82. The van der Waals surface area contributed by atoms with Crippen LogP contribution in [0.2, 0.25) is 0 Å². The van der Waals surface area contributed by atoms with Gasteiger partial charge < -0.3 is 19.3 Å². The number of benzene rings is 4. The van der Waals surface area contributed by atoms with Crippen LogP contribution in [0.1, 0.15) is 47.4 Å². The standard InChI is InChI=1S/C35H37NO5/c37-35(38)36-31-16-17-33(36)34(41-24-27-12-13-28-8-4-5-9-30(28)20-27)32(21-31)29-14-10-26(11-15-29)23-40-19-18-39-22-25-6-2-1-3-7-25/h1-15,20,31-34H,16-19,21-24H2,(H,37,38). The molecule has 4 atom stereocenters. The van der Waals surface area contributed by atoms with Gasteiger partial charge in [0.2, 0.25) is 0 Å². The van der Waals surface area contributed by atoms with Gasteiger partial charge in [-0.05, 0) is 58.4 Å². The van der Waals surface area contributed by atoms with Gasteiger partial charge in [-0.25, -0.2) is 4.79 Å². The number of piperidine rings is 1. The average molecular weight is 552 g/mol. The van der Waals surface area contributed by atoms with Crippen molar-refractivity contribution >= 4 is 16.9 Å². The van der Waals surface area contributed by atoms with E-state index < -0.39 is 6.09 Å². The van der Waals surface area contributed by atoms with Crippen molar-refractivity contribution < 1.29 is 24.1 Å². The van der Waals surface area contributed by atoms with Crippen LogP contribution in [0.3, 0.4) is 0 Å². The molecule has 1 N–H and O–H groups in total. The number of ether oxygens (including phenoxy) is 3. The molecule has 2 fully saturated rings. The van der Waals surface area contributed by atoms with Crippen molar-refractivity contribution in [1.82, 2.24) is 4.90 Å². The first-order valence-electron chi connectivity index (χ1n) is 14.5. The van der Waals surface area contributed by atoms with Gasteiger partial charge >= 0.3 is 6.09 Å². The Labute approximate surface area is 241 Å². The number of hydrogen-bond acceptors (Lipinski definition) is 4. The van der Waals surface area contributed by atoms with Crippen molar-refractivity contribution in [3.8, 4) is 0 Å². The number of hydrogen-bond donors (Lipinski definition) is 1. The van der Waals surface area contributed by atoms with Gasteiger partial charge in [0.1, 0.15) is 0 Å². The molecule has 4 aromatic rings. The van der Waals surface area contributed by atoms with E-state index in [2.05, 4.69) is 66.7 Å². The second kappa shape index (κ2) is 12.9. The predicted molar refractivity (Wildman–Crippen MR) is 159 cm³/mol. The Hall–Kier alpha value is -3.71. The molecule has 0 aromatic heterocycles. The van der Waals surface area contributed by atoms with Crippen LogP contribution >= 0.6 is 0 Å². The fourth-order valence-electron chi connectivity index (χ4n) is 6.47. The minimum atomic E-state index is -0.838. The van der Waals surface area contributed by atoms with Crippen LogP contribution < -0.4 is 0 Å². The number of carbonyl (C=O) groups is 1. The molecule has 2 aliphatic heterocycles. The van der Waals surface area contributed by atoms with Gasteiger partial charge in [-0.1, -0.05) is 91.0 Å². The zero-order valence-corrected chi connectivity index (χ0v) is 23.2. The summed E-state index contributed by atoms with van der Waals surface area (Å²) in [6.45, 7) is 2.66. The second-order valence-corrected chi connectivity index (χ2v) is 11.1. The molecule has 6 heteroatoms. The predicted octanol–water partition coefficient (Wildman–Crippen LogP) is 7.16. The molecule has 2 aliphatic rings. The summed E-state index contributed by atoms with van der Waals surface area (Å²) >= 11 is 0. The minimum absolute atomic E-state index is 0.0434. The summed E-state index contributed by atoms with van der Waals surface area (Å²) in [5, 5.41) is 12.4. The molecule has 6 rings (SSSR count). The van der Waals surface area contributed by atoms with Gasteiger partial charge in [-0.15, -0.1) is 0 Å². The van der Waals surface area contributed by atoms with E-state index in [-0.39, 0.29) is 24.1 Å². The van der Waals surface area contributed by atoms with Crippen LogP contribution in [0.25, 0.3) is 10.8 Å². The maximum absolute atomic E-state index is 12.2. The van der Waals surface area contributed by atoms with Crippen LogP contribution in [-0.2, 0) is 34.0 Å². The molecule has 2 saturated heterocycles. The summed E-state index contributed by atoms with van der Waals surface area (Å²) in [5.41, 5.74) is 4.57. The molecule has 2 heterocycles. The zero-order chi connectivity index (χ0) is 28.0. The lowest BCUT2D eigenvalue weighted by Gasteiger charge is -2.43. The average Bonchev–Trinajstić information content (AvgIpc) is 3.34. The van der Waals surface area contributed by atoms with Crippen molar-refractivity contribution in [1.29, 1.82) is 0 Å². The summed E-state index contributed by atoms with van der Waals surface area (Å²) in [6, 6.07) is 33.3. The quantitative estimate of drug-likeness (QED) is 0.200. The van der Waals surface area contributed by atoms with Crippen LogP contribution in [0.5, 0.6) is 0 Å². The summed E-state index contributed by atoms with van der Waals surface area (Å²) < 4.78 is 18.2. The Balaban J connectivity index is 1.08. The van der Waals surface area contributed by atoms with Gasteiger partial charge in [0.25, 0.3) is 0 Å². The van der Waals surface area contributed by atoms with Crippen molar-refractivity contribution in [2.75, 3.05) is 13.2 Å². The largest absolute Gasteiger partial charge is 0.465 e. The maximum Gasteiger partial charge on any atom is 0.407 e. The van der Waals surface area contributed by atoms with E-state index in [1.165, 1.54) is 16.3 Å². The van der Waals surface area contributed by atoms with Gasteiger partial charge in [0, 0.05) is 12.0 Å². The number of rotatable bonds is 11. The maximum atomic E-state index is 12.2. The number of amides is 1. The molecule has 0 aliphatic carbocycles. The first-order valence-corrected chi connectivity index (χ1v) is 14.5. The molecule has 0 saturated carbocycles. The highest BCUT2D eigenvalue weighted by atomic mass is 16.5. The molecule has 1 amide bonds. The van der Waals surface area contributed by atoms with E-state index in [9.17, 15) is 9.90 Å². The third-order valence-corrected chi connectivity index (χ3v) is 8.49. The second-order valence-electron chi connectivity index (χ2n) is 11.1. The van der Waals surface area contributed by atoms with Crippen LogP contribution in [0.15, 0.2) is 97.1 Å². The van der Waals surface area contributed by atoms with E-state index in [0.717, 1.165) is 36.0 Å². The lowest BCUT2D eigenvalue weighted by Crippen LogP contribution is -2.53. The van der Waals surface area contributed by atoms with E-state index in [1.54, 1.807) is 4.90 Å². The lowest BCUT2D eigenvalue weighted by molar-refractivity contribution is -0.0534. The molecule has 212 valence electrons. The van der Waals surface area contributed by atoms with Crippen molar-refractivity contribution in [3.63, 3.8) is 0 Å². The Morgan fingerprint density at radius 2 is 1.39 bits per heavy atom. The third-order valence-electron chi connectivity index (χ3n) is 8.49. The highest BCUT2D eigenvalue weighted by Crippen LogP contribution is 2.45. The molecule has 4 unspecified atom stereocenters. The molecule has 0 spiro atoms. The van der Waals surface area contributed by atoms with Crippen molar-refractivity contribution in [2.45, 2.75) is 63.2 Å². The Morgan fingerprint density at radius 3 is 2.12 bits per heavy atom. The molecule has 4 aromatic carbocycles. The fourth-order valence-corrected chi connectivity index (χ4v) is 6.47. The van der Waals surface area contributed by atoms with Crippen LogP contribution in [0.4, 0.5) is 4.79 Å². The van der Waals surface area contributed by atoms with Crippen molar-refractivity contribution in [3.05, 3.63) is 119 Å². The smallest absolute Gasteiger partial charge is 0.407 e. The first kappa shape index (κ1) is 27.5. The number of carboxylic acid groups (broad SMARTS) is 1. The minimum Gasteiger partial charge on any atom is -0.465 e. The Kier molecular flexibility index (Phi) is 8.61. The Bertz CT molecular complexity index is 1440. The SMILES string of the molecule is O=C(O)N1C2CCC1C(OCc1ccc3ccccc3c1)C(c1ccc(COCCOCc3ccccc3)cc1)C2. The molecule has 2 bridgehead atoms. The van der Waals surface area contributed by atoms with Crippen LogP contribution in [0, 0.1) is 0 Å². The summed E-state index contributed by atoms with van der Waals surface area (Å²) in [5.74, 6) is 0.143. The van der Waals surface area contributed by atoms with Crippen molar-refractivity contribution in [2.24, 2.45) is 0 Å². The topological polar surface area (TPSA) is 68.2 Å². The number of fused-ring (bicyclic) bond motifs is 3. The van der Waals surface area contributed by atoms with E-state index in [0.29, 0.717) is 33.0 Å². The van der Waals surface area contributed by atoms with E-state index in [4.69, 9.17) is 14.2 Å². The molecular weight excluding hydrogens is 514 g/mol. The normalized spacial score (nSPS) is 21.8. The summed E-state index contributed by atoms with van der Waals surface area (Å²) in [6.07, 6.45) is 1.48. The first-order chi connectivity index (χ1) is 20.2. The highest BCUT2D eigenvalue weighted by Gasteiger charge is 2.50. The zero-order valence-electron chi connectivity index (χ0n) is 23.2. The molecule has 6 nitrogen and oxygen atoms in total. The molecule has 41 heavy (non-hydrogen) atoms. The molecular formula is C35H37NO5. The monoisotopic (exact) mass is 551 g/mol. The Morgan fingerprint density at radius 1 is 0.732 bits per heavy atom. The van der Waals surface area contributed by atoms with Gasteiger partial charge in [-0.3, -0.25) is 4.90 Å². The third kappa shape index (κ3) is 6.46. The van der Waals surface area contributed by atoms with Gasteiger partial charge in [0.15, 0.2) is 0 Å². The van der Waals surface area contributed by atoms with E-state index in [1.807, 2.05) is 30.3 Å². The molecule has 0 radical (unpaired) electrons. The highest BCUT2D eigenvalue weighted by molar-refractivity contribution is 5.82. The van der Waals surface area contributed by atoms with Crippen LogP contribution in [-0.4, -0.2) is 47.5 Å². The number of nitrogens with zero attached hydrogens (tertiary/aromatic N) is 1. The van der Waals surface area contributed by atoms with Gasteiger partial charge in [-0.2, -0.15) is 0 Å². The summed E-state index contributed by atoms with van der Waals surface area (Å²) in [7, 11) is 0. The fraction of sp³-hybridized carbons (Fsp3) is 0.343. The van der Waals surface area contributed by atoms with Gasteiger partial charge in [0.05, 0.1) is 45.2 Å². The summed E-state index contributed by atoms with van der Waals surface area (Å²) in [4.78, 5) is 13.8.